The van der Waals surface area contributed by atoms with Crippen LogP contribution < -0.4 is 0 Å². The molecular weight excluding hydrogens is 142 g/mol. The first-order chi connectivity index (χ1) is 5.18. The minimum Gasteiger partial charge on any atom is -0.369 e. The number of hydrogen-bond donors (Lipinski definition) is 0. The number of rotatable bonds is 2. The summed E-state index contributed by atoms with van der Waals surface area (Å²) in [7, 11) is 5.60. The molecule has 1 heterocycles. The fourth-order valence-electron chi connectivity index (χ4n) is 0.554. The fraction of sp³-hybridized carbons (Fsp3) is 0.500. The lowest BCUT2D eigenvalue weighted by Gasteiger charge is -1.99. The van der Waals surface area contributed by atoms with Crippen molar-refractivity contribution in [1.29, 1.82) is 0 Å². The first kappa shape index (κ1) is 7.71. The quantitative estimate of drug-likeness (QED) is 0.445. The van der Waals surface area contributed by atoms with E-state index in [1.54, 1.807) is 17.3 Å². The number of aliphatic imine (C=N–C) groups is 1. The van der Waals surface area contributed by atoms with Gasteiger partial charge in [-0.1, -0.05) is 0 Å². The highest BCUT2D eigenvalue weighted by Gasteiger charge is 1.91. The molecule has 0 saturated carbocycles. The molecule has 0 atom stereocenters. The smallest absolute Gasteiger partial charge is 0.269 e. The van der Waals surface area contributed by atoms with Crippen molar-refractivity contribution < 1.29 is 0 Å². The van der Waals surface area contributed by atoms with E-state index in [0.29, 0.717) is 5.95 Å². The van der Waals surface area contributed by atoms with Gasteiger partial charge in [0.15, 0.2) is 0 Å². The highest BCUT2D eigenvalue weighted by Crippen LogP contribution is 1.97. The molecule has 0 amide bonds. The molecular formula is C6H11N5. The van der Waals surface area contributed by atoms with Gasteiger partial charge in [-0.05, 0) is 0 Å². The highest BCUT2D eigenvalue weighted by molar-refractivity contribution is 5.57. The molecule has 0 radical (unpaired) electrons. The van der Waals surface area contributed by atoms with Crippen LogP contribution in [0.3, 0.4) is 0 Å². The van der Waals surface area contributed by atoms with Crippen LogP contribution in [0.4, 0.5) is 5.95 Å². The molecule has 1 rings (SSSR count). The molecule has 0 aliphatic carbocycles. The normalized spacial score (nSPS) is 10.8. The van der Waals surface area contributed by atoms with Gasteiger partial charge < -0.3 is 4.90 Å². The molecule has 0 fully saturated rings. The number of nitrogens with zero attached hydrogens (tertiary/aromatic N) is 5. The van der Waals surface area contributed by atoms with Gasteiger partial charge in [-0.3, -0.25) is 4.68 Å². The molecule has 0 N–H and O–H groups in total. The summed E-state index contributed by atoms with van der Waals surface area (Å²) in [6, 6.07) is 0. The summed E-state index contributed by atoms with van der Waals surface area (Å²) < 4.78 is 1.61. The maximum absolute atomic E-state index is 3.98. The molecule has 1 aromatic rings. The minimum absolute atomic E-state index is 0.487. The van der Waals surface area contributed by atoms with E-state index in [1.165, 1.54) is 0 Å². The van der Waals surface area contributed by atoms with Crippen molar-refractivity contribution in [1.82, 2.24) is 19.7 Å². The van der Waals surface area contributed by atoms with E-state index in [4.69, 9.17) is 0 Å². The standard InChI is InChI=1S/C6H11N5/c1-10(2)4-7-6-8-5-11(3)9-6/h4-5H,1-3H3/b7-4+. The van der Waals surface area contributed by atoms with Crippen molar-refractivity contribution >= 4 is 12.3 Å². The lowest BCUT2D eigenvalue weighted by atomic mass is 10.9. The van der Waals surface area contributed by atoms with E-state index >= 15 is 0 Å². The molecule has 0 aromatic carbocycles. The van der Waals surface area contributed by atoms with Crippen LogP contribution in [0.25, 0.3) is 0 Å². The Labute approximate surface area is 65.4 Å². The third kappa shape index (κ3) is 2.37. The van der Waals surface area contributed by atoms with E-state index in [9.17, 15) is 0 Å². The van der Waals surface area contributed by atoms with Crippen molar-refractivity contribution in [3.63, 3.8) is 0 Å². The minimum atomic E-state index is 0.487. The molecule has 0 aliphatic heterocycles. The van der Waals surface area contributed by atoms with E-state index < -0.39 is 0 Å². The van der Waals surface area contributed by atoms with E-state index in [2.05, 4.69) is 15.1 Å². The summed E-state index contributed by atoms with van der Waals surface area (Å²) in [5.74, 6) is 0.487. The lowest BCUT2D eigenvalue weighted by molar-refractivity contribution is 0.642. The van der Waals surface area contributed by atoms with Gasteiger partial charge in [-0.25, -0.2) is 4.99 Å². The van der Waals surface area contributed by atoms with E-state index in [1.807, 2.05) is 26.0 Å². The monoisotopic (exact) mass is 153 g/mol. The van der Waals surface area contributed by atoms with Gasteiger partial charge in [0.25, 0.3) is 5.95 Å². The topological polar surface area (TPSA) is 46.3 Å². The zero-order valence-electron chi connectivity index (χ0n) is 6.89. The predicted octanol–water partition coefficient (Wildman–Crippen LogP) is 0.0365. The second kappa shape index (κ2) is 3.14. The van der Waals surface area contributed by atoms with Crippen LogP contribution in [-0.4, -0.2) is 40.1 Å². The Balaban J connectivity index is 2.64. The van der Waals surface area contributed by atoms with Crippen molar-refractivity contribution in [3.8, 4) is 0 Å². The summed E-state index contributed by atoms with van der Waals surface area (Å²) >= 11 is 0. The average Bonchev–Trinajstić information content (AvgIpc) is 2.31. The maximum atomic E-state index is 3.98. The Morgan fingerprint density at radius 2 is 2.36 bits per heavy atom. The van der Waals surface area contributed by atoms with Crippen LogP contribution in [0.1, 0.15) is 0 Å². The summed E-state index contributed by atoms with van der Waals surface area (Å²) in [6.07, 6.45) is 3.28. The SMILES string of the molecule is CN(C)/C=N/c1ncn(C)n1. The fourth-order valence-corrected chi connectivity index (χ4v) is 0.554. The second-order valence-electron chi connectivity index (χ2n) is 2.43. The molecule has 0 aliphatic rings. The number of aromatic nitrogens is 3. The predicted molar refractivity (Wildman–Crippen MR) is 42.8 cm³/mol. The van der Waals surface area contributed by atoms with Crippen LogP contribution in [0, 0.1) is 0 Å². The Kier molecular flexibility index (Phi) is 2.20. The molecule has 60 valence electrons. The van der Waals surface area contributed by atoms with Gasteiger partial charge in [0.1, 0.15) is 6.33 Å². The first-order valence-electron chi connectivity index (χ1n) is 3.25. The molecule has 0 spiro atoms. The van der Waals surface area contributed by atoms with Crippen molar-refractivity contribution in [2.45, 2.75) is 0 Å². The third-order valence-corrected chi connectivity index (χ3v) is 0.992. The maximum Gasteiger partial charge on any atom is 0.269 e. The van der Waals surface area contributed by atoms with Gasteiger partial charge >= 0.3 is 0 Å². The molecule has 11 heavy (non-hydrogen) atoms. The van der Waals surface area contributed by atoms with E-state index in [0.717, 1.165) is 0 Å². The van der Waals surface area contributed by atoms with Crippen molar-refractivity contribution in [2.75, 3.05) is 14.1 Å². The average molecular weight is 153 g/mol. The summed E-state index contributed by atoms with van der Waals surface area (Å²) in [6.45, 7) is 0. The number of aryl methyl sites for hydroxylation is 1. The van der Waals surface area contributed by atoms with Crippen molar-refractivity contribution in [2.24, 2.45) is 12.0 Å². The van der Waals surface area contributed by atoms with E-state index in [-0.39, 0.29) is 0 Å². The first-order valence-corrected chi connectivity index (χ1v) is 3.25. The molecule has 5 nitrogen and oxygen atoms in total. The summed E-state index contributed by atoms with van der Waals surface area (Å²) in [5.41, 5.74) is 0. The van der Waals surface area contributed by atoms with Gasteiger partial charge in [0, 0.05) is 21.1 Å². The Hall–Kier alpha value is -1.39. The molecule has 1 aromatic heterocycles. The summed E-state index contributed by atoms with van der Waals surface area (Å²) in [4.78, 5) is 9.73. The van der Waals surface area contributed by atoms with Crippen LogP contribution in [0.15, 0.2) is 11.3 Å². The Morgan fingerprint density at radius 3 is 2.82 bits per heavy atom. The van der Waals surface area contributed by atoms with Gasteiger partial charge in [0.2, 0.25) is 0 Å². The Bertz CT molecular complexity index is 249. The van der Waals surface area contributed by atoms with Gasteiger partial charge in [0.05, 0.1) is 6.34 Å². The van der Waals surface area contributed by atoms with Crippen LogP contribution in [0.2, 0.25) is 0 Å². The summed E-state index contributed by atoms with van der Waals surface area (Å²) in [5, 5.41) is 3.96. The zero-order valence-corrected chi connectivity index (χ0v) is 6.89. The van der Waals surface area contributed by atoms with Gasteiger partial charge in [-0.15, -0.1) is 5.10 Å². The van der Waals surface area contributed by atoms with Crippen LogP contribution >= 0.6 is 0 Å². The zero-order chi connectivity index (χ0) is 8.27. The largest absolute Gasteiger partial charge is 0.369 e. The highest BCUT2D eigenvalue weighted by atomic mass is 15.4. The van der Waals surface area contributed by atoms with Crippen LogP contribution in [-0.2, 0) is 7.05 Å². The Morgan fingerprint density at radius 1 is 1.64 bits per heavy atom. The lowest BCUT2D eigenvalue weighted by Crippen LogP contribution is -2.07. The molecule has 5 heteroatoms. The molecule has 0 bridgehead atoms. The third-order valence-electron chi connectivity index (χ3n) is 0.992. The van der Waals surface area contributed by atoms with Crippen molar-refractivity contribution in [3.05, 3.63) is 6.33 Å². The molecule has 0 saturated heterocycles. The molecule has 0 unspecified atom stereocenters. The second-order valence-corrected chi connectivity index (χ2v) is 2.43. The van der Waals surface area contributed by atoms with Gasteiger partial charge in [-0.2, -0.15) is 4.98 Å². The van der Waals surface area contributed by atoms with Crippen LogP contribution in [0.5, 0.6) is 0 Å². The number of hydrogen-bond acceptors (Lipinski definition) is 3.